The number of likely N-dealkylation sites (N-methyl/N-ethyl adjacent to an activating group) is 1. The van der Waals surface area contributed by atoms with Gasteiger partial charge in [-0.1, -0.05) is 0 Å². The van der Waals surface area contributed by atoms with Crippen LogP contribution in [0.4, 0.5) is 23.4 Å². The average molecular weight is 571 g/mol. The summed E-state index contributed by atoms with van der Waals surface area (Å²) in [5.41, 5.74) is -0.627. The zero-order valence-electron chi connectivity index (χ0n) is 22.7. The first kappa shape index (κ1) is 26.3. The number of rotatable bonds is 6. The van der Waals surface area contributed by atoms with Crippen LogP contribution < -0.4 is 15.0 Å². The van der Waals surface area contributed by atoms with E-state index in [4.69, 9.17) is 4.74 Å². The molecule has 7 rings (SSSR count). The number of likely N-dealkylation sites (tertiary alicyclic amines) is 1. The van der Waals surface area contributed by atoms with Crippen molar-refractivity contribution in [3.05, 3.63) is 35.7 Å². The summed E-state index contributed by atoms with van der Waals surface area (Å²) < 4.78 is 65.8. The van der Waals surface area contributed by atoms with Gasteiger partial charge in [0.25, 0.3) is 6.43 Å². The van der Waals surface area contributed by atoms with Crippen LogP contribution in [0.15, 0.2) is 18.5 Å². The van der Waals surface area contributed by atoms with Gasteiger partial charge in [0.05, 0.1) is 22.6 Å². The minimum Gasteiger partial charge on any atom is -0.462 e. The number of fused-ring (bicyclic) bond motifs is 4. The zero-order chi connectivity index (χ0) is 28.5. The number of alkyl halides is 2. The first-order valence-corrected chi connectivity index (χ1v) is 13.9. The van der Waals surface area contributed by atoms with E-state index in [9.17, 15) is 13.2 Å². The van der Waals surface area contributed by atoms with Crippen molar-refractivity contribution in [2.24, 2.45) is 0 Å². The lowest BCUT2D eigenvalue weighted by Gasteiger charge is -2.41. The normalized spacial score (nSPS) is 24.8. The molecule has 3 aliphatic rings. The van der Waals surface area contributed by atoms with Gasteiger partial charge in [0, 0.05) is 42.3 Å². The van der Waals surface area contributed by atoms with Crippen LogP contribution in [-0.4, -0.2) is 87.4 Å². The molecular weight excluding hydrogens is 540 g/mol. The highest BCUT2D eigenvalue weighted by molar-refractivity contribution is 5.99. The van der Waals surface area contributed by atoms with E-state index in [-0.39, 0.29) is 52.4 Å². The molecule has 9 nitrogen and oxygen atoms in total. The molecule has 3 fully saturated rings. The Kier molecular flexibility index (Phi) is 6.27. The maximum absolute atomic E-state index is 16.5. The van der Waals surface area contributed by atoms with E-state index in [0.29, 0.717) is 42.7 Å². The van der Waals surface area contributed by atoms with Crippen molar-refractivity contribution >= 4 is 27.6 Å². The number of aromatic nitrogens is 5. The number of H-pyrrole nitrogens is 1. The predicted octanol–water partition coefficient (Wildman–Crippen LogP) is 4.20. The van der Waals surface area contributed by atoms with Crippen molar-refractivity contribution in [3.63, 3.8) is 0 Å². The van der Waals surface area contributed by atoms with Crippen molar-refractivity contribution in [2.75, 3.05) is 38.2 Å². The lowest BCUT2D eigenvalue weighted by atomic mass is 9.97. The number of ether oxygens (including phenoxy) is 1. The van der Waals surface area contributed by atoms with E-state index in [2.05, 4.69) is 35.4 Å². The quantitative estimate of drug-likeness (QED) is 0.333. The van der Waals surface area contributed by atoms with Crippen LogP contribution in [0.2, 0.25) is 0 Å². The number of benzene rings is 1. The smallest absolute Gasteiger partial charge is 0.319 e. The summed E-state index contributed by atoms with van der Waals surface area (Å²) in [5, 5.41) is 10.6. The summed E-state index contributed by atoms with van der Waals surface area (Å²) in [7, 11) is 2.02. The highest BCUT2D eigenvalue weighted by Gasteiger charge is 2.51. The SMILES string of the molecule is Cc1c(F)cc2[nH]ncc2c1-c1ncc2c(N3CC4CCC(C(F)F)(C3)N4)nc(OCC3CCCN3C)nc2c1F. The Hall–Kier alpha value is -3.58. The van der Waals surface area contributed by atoms with Crippen LogP contribution in [0.5, 0.6) is 6.01 Å². The van der Waals surface area contributed by atoms with Gasteiger partial charge in [-0.05, 0) is 57.8 Å². The summed E-state index contributed by atoms with van der Waals surface area (Å²) in [6.45, 7) is 3.24. The standard InChI is InChI=1S/C28H30F4N8O/c1-14-19(29)8-20-17(10-34-38-20)21(14)24-22(30)23-18(9-33-24)25(36-27(35-23)41-12-16-4-3-7-39(16)2)40-11-15-5-6-28(13-40,37-15)26(31)32/h8-10,15-16,26,37H,3-7,11-13H2,1-2H3,(H,34,38). The van der Waals surface area contributed by atoms with Gasteiger partial charge in [-0.15, -0.1) is 0 Å². The monoisotopic (exact) mass is 570 g/mol. The summed E-state index contributed by atoms with van der Waals surface area (Å²) in [6, 6.07) is 1.28. The molecule has 3 aromatic heterocycles. The van der Waals surface area contributed by atoms with E-state index in [1.54, 1.807) is 11.8 Å². The minimum absolute atomic E-state index is 0.0000988. The summed E-state index contributed by atoms with van der Waals surface area (Å²) in [5.74, 6) is -1.00. The number of anilines is 1. The van der Waals surface area contributed by atoms with Gasteiger partial charge in [-0.2, -0.15) is 15.1 Å². The van der Waals surface area contributed by atoms with Gasteiger partial charge in [0.1, 0.15) is 29.5 Å². The molecule has 3 unspecified atom stereocenters. The third kappa shape index (κ3) is 4.28. The molecular formula is C28H30F4N8O. The summed E-state index contributed by atoms with van der Waals surface area (Å²) in [4.78, 5) is 17.5. The number of pyridine rings is 1. The van der Waals surface area contributed by atoms with E-state index in [1.807, 2.05) is 7.05 Å². The number of nitrogens with one attached hydrogen (secondary N) is 2. The lowest BCUT2D eigenvalue weighted by molar-refractivity contribution is 0.0367. The van der Waals surface area contributed by atoms with Gasteiger partial charge >= 0.3 is 6.01 Å². The topological polar surface area (TPSA) is 95.1 Å². The number of piperazine rings is 1. The average Bonchev–Trinajstić information content (AvgIpc) is 3.67. The Morgan fingerprint density at radius 2 is 2.02 bits per heavy atom. The minimum atomic E-state index is -2.58. The number of hydrogen-bond acceptors (Lipinski definition) is 8. The summed E-state index contributed by atoms with van der Waals surface area (Å²) in [6.07, 6.45) is 3.31. The van der Waals surface area contributed by atoms with E-state index < -0.39 is 23.6 Å². The Morgan fingerprint density at radius 1 is 1.17 bits per heavy atom. The maximum Gasteiger partial charge on any atom is 0.319 e. The van der Waals surface area contributed by atoms with Crippen LogP contribution in [0.3, 0.4) is 0 Å². The predicted molar refractivity (Wildman–Crippen MR) is 145 cm³/mol. The largest absolute Gasteiger partial charge is 0.462 e. The molecule has 0 amide bonds. The van der Waals surface area contributed by atoms with Crippen LogP contribution in [-0.2, 0) is 0 Å². The molecule has 41 heavy (non-hydrogen) atoms. The fourth-order valence-corrected chi connectivity index (χ4v) is 6.65. The fourth-order valence-electron chi connectivity index (χ4n) is 6.65. The van der Waals surface area contributed by atoms with Crippen molar-refractivity contribution in [1.29, 1.82) is 0 Å². The van der Waals surface area contributed by atoms with Crippen molar-refractivity contribution in [1.82, 2.24) is 35.4 Å². The number of hydrogen-bond donors (Lipinski definition) is 2. The molecule has 6 heterocycles. The molecule has 3 aliphatic heterocycles. The van der Waals surface area contributed by atoms with Crippen LogP contribution in [0.1, 0.15) is 31.2 Å². The Bertz CT molecular complexity index is 1650. The first-order valence-electron chi connectivity index (χ1n) is 13.9. The van der Waals surface area contributed by atoms with Crippen molar-refractivity contribution < 1.29 is 22.3 Å². The number of aromatic amines is 1. The Morgan fingerprint density at radius 3 is 2.80 bits per heavy atom. The molecule has 3 atom stereocenters. The Balaban J connectivity index is 1.37. The lowest BCUT2D eigenvalue weighted by Crippen LogP contribution is -2.63. The van der Waals surface area contributed by atoms with Gasteiger partial charge in [-0.3, -0.25) is 10.1 Å². The molecule has 13 heteroatoms. The molecule has 0 spiro atoms. The molecule has 216 valence electrons. The molecule has 1 aromatic carbocycles. The second kappa shape index (κ2) is 9.76. The molecule has 0 aliphatic carbocycles. The molecule has 0 saturated carbocycles. The number of nitrogens with zero attached hydrogens (tertiary/aromatic N) is 6. The first-order chi connectivity index (χ1) is 19.7. The molecule has 4 aromatic rings. The van der Waals surface area contributed by atoms with E-state index in [0.717, 1.165) is 19.4 Å². The second-order valence-corrected chi connectivity index (χ2v) is 11.5. The molecule has 2 N–H and O–H groups in total. The van der Waals surface area contributed by atoms with Crippen molar-refractivity contribution in [3.8, 4) is 17.3 Å². The Labute approximate surface area is 233 Å². The highest BCUT2D eigenvalue weighted by atomic mass is 19.3. The van der Waals surface area contributed by atoms with E-state index >= 15 is 4.39 Å². The molecule has 2 bridgehead atoms. The van der Waals surface area contributed by atoms with Crippen LogP contribution in [0.25, 0.3) is 33.1 Å². The zero-order valence-corrected chi connectivity index (χ0v) is 22.7. The third-order valence-electron chi connectivity index (χ3n) is 8.96. The van der Waals surface area contributed by atoms with Crippen LogP contribution in [0, 0.1) is 18.6 Å². The highest BCUT2D eigenvalue weighted by Crippen LogP contribution is 2.40. The van der Waals surface area contributed by atoms with E-state index in [1.165, 1.54) is 18.5 Å². The fraction of sp³-hybridized carbons (Fsp3) is 0.500. The second-order valence-electron chi connectivity index (χ2n) is 11.5. The summed E-state index contributed by atoms with van der Waals surface area (Å²) >= 11 is 0. The molecule has 0 radical (unpaired) electrons. The third-order valence-corrected chi connectivity index (χ3v) is 8.96. The van der Waals surface area contributed by atoms with Gasteiger partial charge < -0.3 is 19.9 Å². The van der Waals surface area contributed by atoms with Gasteiger partial charge in [-0.25, -0.2) is 17.6 Å². The van der Waals surface area contributed by atoms with Gasteiger partial charge in [0.15, 0.2) is 5.82 Å². The number of halogens is 4. The maximum atomic E-state index is 16.5. The van der Waals surface area contributed by atoms with Gasteiger partial charge in [0.2, 0.25) is 0 Å². The van der Waals surface area contributed by atoms with Crippen molar-refractivity contribution in [2.45, 2.75) is 56.7 Å². The molecule has 3 saturated heterocycles. The van der Waals surface area contributed by atoms with Crippen LogP contribution >= 0.6 is 0 Å².